The molecule has 1 saturated heterocycles. The first-order valence-electron chi connectivity index (χ1n) is 9.72. The van der Waals surface area contributed by atoms with Gasteiger partial charge in [-0.2, -0.15) is 5.10 Å². The topological polar surface area (TPSA) is 73.1 Å². The first kappa shape index (κ1) is 18.4. The number of hydrogen-bond acceptors (Lipinski definition) is 5. The van der Waals surface area contributed by atoms with Gasteiger partial charge in [-0.3, -0.25) is 4.79 Å². The first-order chi connectivity index (χ1) is 13.5. The SMILES string of the molecule is Cc1cc(C)cc(-n2ncc3c(OCC(=O)N4CCCCC4C)ncnc32)c1. The average Bonchev–Trinajstić information content (AvgIpc) is 3.10. The second-order valence-corrected chi connectivity index (χ2v) is 7.54. The van der Waals surface area contributed by atoms with E-state index in [1.165, 1.54) is 12.7 Å². The lowest BCUT2D eigenvalue weighted by Crippen LogP contribution is -2.44. The molecule has 0 bridgehead atoms. The number of piperidine rings is 1. The molecule has 1 unspecified atom stereocenters. The quantitative estimate of drug-likeness (QED) is 0.696. The molecule has 0 spiro atoms. The molecule has 3 heterocycles. The number of carbonyl (C=O) groups excluding carboxylic acids is 1. The second-order valence-electron chi connectivity index (χ2n) is 7.54. The number of likely N-dealkylation sites (tertiary alicyclic amines) is 1. The minimum atomic E-state index is -0.0226. The standard InChI is InChI=1S/C21H25N5O2/c1-14-8-15(2)10-17(9-14)26-20-18(11-24-26)21(23-13-22-20)28-12-19(27)25-7-5-4-6-16(25)3/h8-11,13,16H,4-7,12H2,1-3H3. The lowest BCUT2D eigenvalue weighted by Gasteiger charge is -2.33. The van der Waals surface area contributed by atoms with E-state index < -0.39 is 0 Å². The number of benzene rings is 1. The summed E-state index contributed by atoms with van der Waals surface area (Å²) in [5.41, 5.74) is 3.92. The van der Waals surface area contributed by atoms with Crippen LogP contribution in [0.2, 0.25) is 0 Å². The van der Waals surface area contributed by atoms with Gasteiger partial charge >= 0.3 is 0 Å². The Labute approximate surface area is 164 Å². The highest BCUT2D eigenvalue weighted by molar-refractivity contribution is 5.82. The van der Waals surface area contributed by atoms with Crippen LogP contribution in [0, 0.1) is 13.8 Å². The lowest BCUT2D eigenvalue weighted by atomic mass is 10.0. The van der Waals surface area contributed by atoms with Crippen molar-refractivity contribution in [2.75, 3.05) is 13.2 Å². The van der Waals surface area contributed by atoms with E-state index in [1.54, 1.807) is 10.9 Å². The number of rotatable bonds is 4. The molecule has 3 aromatic rings. The predicted octanol–water partition coefficient (Wildman–Crippen LogP) is 3.21. The monoisotopic (exact) mass is 379 g/mol. The van der Waals surface area contributed by atoms with Crippen LogP contribution in [0.5, 0.6) is 5.88 Å². The molecule has 7 heteroatoms. The third-order valence-electron chi connectivity index (χ3n) is 5.24. The van der Waals surface area contributed by atoms with Gasteiger partial charge in [-0.1, -0.05) is 6.07 Å². The Bertz CT molecular complexity index is 993. The molecule has 0 saturated carbocycles. The average molecular weight is 379 g/mol. The van der Waals surface area contributed by atoms with Crippen LogP contribution in [0.1, 0.15) is 37.3 Å². The molecule has 4 rings (SSSR count). The van der Waals surface area contributed by atoms with Crippen molar-refractivity contribution >= 4 is 16.9 Å². The van der Waals surface area contributed by atoms with Crippen LogP contribution < -0.4 is 4.74 Å². The molecular weight excluding hydrogens is 354 g/mol. The number of fused-ring (bicyclic) bond motifs is 1. The zero-order valence-corrected chi connectivity index (χ0v) is 16.6. The number of aromatic nitrogens is 4. The van der Waals surface area contributed by atoms with E-state index in [2.05, 4.69) is 54.0 Å². The summed E-state index contributed by atoms with van der Waals surface area (Å²) in [6.07, 6.45) is 6.42. The summed E-state index contributed by atoms with van der Waals surface area (Å²) >= 11 is 0. The molecule has 0 N–H and O–H groups in total. The maximum Gasteiger partial charge on any atom is 0.260 e. The summed E-state index contributed by atoms with van der Waals surface area (Å²) in [5.74, 6) is 0.388. The fourth-order valence-electron chi connectivity index (χ4n) is 3.88. The molecule has 7 nitrogen and oxygen atoms in total. The molecule has 1 aliphatic heterocycles. The van der Waals surface area contributed by atoms with E-state index >= 15 is 0 Å². The minimum Gasteiger partial charge on any atom is -0.467 e. The summed E-state index contributed by atoms with van der Waals surface area (Å²) in [7, 11) is 0. The number of aryl methyl sites for hydroxylation is 2. The van der Waals surface area contributed by atoms with Gasteiger partial charge in [0.05, 0.1) is 11.9 Å². The van der Waals surface area contributed by atoms with E-state index in [0.29, 0.717) is 16.9 Å². The third-order valence-corrected chi connectivity index (χ3v) is 5.24. The molecule has 2 aromatic heterocycles. The Kier molecular flexibility index (Phi) is 4.98. The van der Waals surface area contributed by atoms with Gasteiger partial charge in [0.1, 0.15) is 11.7 Å². The number of ether oxygens (including phenoxy) is 1. The van der Waals surface area contributed by atoms with Crippen molar-refractivity contribution in [1.82, 2.24) is 24.6 Å². The third kappa shape index (κ3) is 3.56. The zero-order valence-electron chi connectivity index (χ0n) is 16.6. The van der Waals surface area contributed by atoms with Crippen LogP contribution in [0.15, 0.2) is 30.7 Å². The molecule has 146 valence electrons. The molecule has 1 atom stereocenters. The number of carbonyl (C=O) groups is 1. The molecule has 28 heavy (non-hydrogen) atoms. The highest BCUT2D eigenvalue weighted by atomic mass is 16.5. The molecule has 1 amide bonds. The Hall–Kier alpha value is -2.96. The molecule has 1 fully saturated rings. The zero-order chi connectivity index (χ0) is 19.7. The molecule has 1 aliphatic rings. The highest BCUT2D eigenvalue weighted by Gasteiger charge is 2.24. The summed E-state index contributed by atoms with van der Waals surface area (Å²) in [4.78, 5) is 23.1. The first-order valence-corrected chi connectivity index (χ1v) is 9.72. The summed E-state index contributed by atoms with van der Waals surface area (Å²) in [6, 6.07) is 6.50. The van der Waals surface area contributed by atoms with Crippen LogP contribution in [0.3, 0.4) is 0 Å². The van der Waals surface area contributed by atoms with E-state index in [9.17, 15) is 4.79 Å². The van der Waals surface area contributed by atoms with Crippen molar-refractivity contribution in [1.29, 1.82) is 0 Å². The molecule has 1 aromatic carbocycles. The Morgan fingerprint density at radius 3 is 2.71 bits per heavy atom. The van der Waals surface area contributed by atoms with Crippen LogP contribution in [-0.2, 0) is 4.79 Å². The maximum absolute atomic E-state index is 12.6. The fourth-order valence-corrected chi connectivity index (χ4v) is 3.88. The normalized spacial score (nSPS) is 17.1. The number of nitrogens with zero attached hydrogens (tertiary/aromatic N) is 5. The van der Waals surface area contributed by atoms with Gasteiger partial charge in [0.15, 0.2) is 12.3 Å². The van der Waals surface area contributed by atoms with Crippen molar-refractivity contribution in [3.05, 3.63) is 41.9 Å². The minimum absolute atomic E-state index is 0.000614. The van der Waals surface area contributed by atoms with Gasteiger partial charge in [-0.25, -0.2) is 14.6 Å². The smallest absolute Gasteiger partial charge is 0.260 e. The van der Waals surface area contributed by atoms with Gasteiger partial charge in [-0.15, -0.1) is 0 Å². The van der Waals surface area contributed by atoms with Crippen molar-refractivity contribution < 1.29 is 9.53 Å². The summed E-state index contributed by atoms with van der Waals surface area (Å²) < 4.78 is 7.56. The fraction of sp³-hybridized carbons (Fsp3) is 0.429. The van der Waals surface area contributed by atoms with E-state index in [4.69, 9.17) is 4.74 Å². The van der Waals surface area contributed by atoms with E-state index in [1.807, 2.05) is 4.90 Å². The highest BCUT2D eigenvalue weighted by Crippen LogP contribution is 2.24. The van der Waals surface area contributed by atoms with E-state index in [0.717, 1.165) is 36.2 Å². The van der Waals surface area contributed by atoms with Gasteiger partial charge in [-0.05, 0) is 63.3 Å². The van der Waals surface area contributed by atoms with Gasteiger partial charge in [0, 0.05) is 12.6 Å². The Morgan fingerprint density at radius 2 is 1.96 bits per heavy atom. The molecule has 0 radical (unpaired) electrons. The van der Waals surface area contributed by atoms with Gasteiger partial charge < -0.3 is 9.64 Å². The van der Waals surface area contributed by atoms with Crippen molar-refractivity contribution in [2.24, 2.45) is 0 Å². The molecule has 0 aliphatic carbocycles. The van der Waals surface area contributed by atoms with Gasteiger partial charge in [0.2, 0.25) is 5.88 Å². The van der Waals surface area contributed by atoms with Gasteiger partial charge in [0.25, 0.3) is 5.91 Å². The van der Waals surface area contributed by atoms with Crippen LogP contribution in [0.25, 0.3) is 16.7 Å². The summed E-state index contributed by atoms with van der Waals surface area (Å²) in [6.45, 7) is 6.98. The Balaban J connectivity index is 1.57. The van der Waals surface area contributed by atoms with Crippen LogP contribution in [-0.4, -0.2) is 49.7 Å². The number of hydrogen-bond donors (Lipinski definition) is 0. The lowest BCUT2D eigenvalue weighted by molar-refractivity contribution is -0.136. The summed E-state index contributed by atoms with van der Waals surface area (Å²) in [5, 5.41) is 5.17. The van der Waals surface area contributed by atoms with Crippen molar-refractivity contribution in [3.63, 3.8) is 0 Å². The van der Waals surface area contributed by atoms with Crippen molar-refractivity contribution in [2.45, 2.75) is 46.1 Å². The van der Waals surface area contributed by atoms with E-state index in [-0.39, 0.29) is 18.6 Å². The van der Waals surface area contributed by atoms with Crippen molar-refractivity contribution in [3.8, 4) is 11.6 Å². The van der Waals surface area contributed by atoms with Crippen LogP contribution >= 0.6 is 0 Å². The maximum atomic E-state index is 12.6. The number of amides is 1. The van der Waals surface area contributed by atoms with Crippen LogP contribution in [0.4, 0.5) is 0 Å². The second kappa shape index (κ2) is 7.58. The Morgan fingerprint density at radius 1 is 1.18 bits per heavy atom. The predicted molar refractivity (Wildman–Crippen MR) is 107 cm³/mol. The molecular formula is C21H25N5O2. The largest absolute Gasteiger partial charge is 0.467 e.